The van der Waals surface area contributed by atoms with E-state index in [0.29, 0.717) is 0 Å². The lowest BCUT2D eigenvalue weighted by Gasteiger charge is -2.17. The summed E-state index contributed by atoms with van der Waals surface area (Å²) < 4.78 is 2.42. The molecule has 0 spiro atoms. The number of benzene rings is 1. The Hall–Kier alpha value is -1.37. The van der Waals surface area contributed by atoms with E-state index in [1.165, 1.54) is 22.9 Å². The predicted molar refractivity (Wildman–Crippen MR) is 73.1 cm³/mol. The van der Waals surface area contributed by atoms with Gasteiger partial charge >= 0.3 is 0 Å². The predicted octanol–water partition coefficient (Wildman–Crippen LogP) is 3.83. The van der Waals surface area contributed by atoms with E-state index in [1.807, 2.05) is 0 Å². The summed E-state index contributed by atoms with van der Waals surface area (Å²) in [4.78, 5) is 0. The SMILES string of the molecule is CCCc1c2ccccc2cc[n+]1C(C)(C)C. The van der Waals surface area contributed by atoms with E-state index >= 15 is 0 Å². The molecule has 0 saturated carbocycles. The molecule has 0 fully saturated rings. The third kappa shape index (κ3) is 2.33. The molecule has 17 heavy (non-hydrogen) atoms. The van der Waals surface area contributed by atoms with Gasteiger partial charge in [-0.2, -0.15) is 4.57 Å². The number of hydrogen-bond donors (Lipinski definition) is 0. The summed E-state index contributed by atoms with van der Waals surface area (Å²) in [5.41, 5.74) is 1.60. The van der Waals surface area contributed by atoms with Crippen molar-refractivity contribution >= 4 is 10.8 Å². The lowest BCUT2D eigenvalue weighted by atomic mass is 10.0. The summed E-state index contributed by atoms with van der Waals surface area (Å²) in [6.45, 7) is 9.04. The molecule has 0 aliphatic rings. The van der Waals surface area contributed by atoms with Crippen molar-refractivity contribution in [2.75, 3.05) is 0 Å². The molecule has 0 unspecified atom stereocenters. The van der Waals surface area contributed by atoms with Crippen LogP contribution in [-0.2, 0) is 12.0 Å². The lowest BCUT2D eigenvalue weighted by molar-refractivity contribution is -0.759. The summed E-state index contributed by atoms with van der Waals surface area (Å²) in [6.07, 6.45) is 4.55. The molecule has 1 heteroatoms. The van der Waals surface area contributed by atoms with Gasteiger partial charge in [0.1, 0.15) is 0 Å². The largest absolute Gasteiger partial charge is 0.197 e. The van der Waals surface area contributed by atoms with Gasteiger partial charge in [-0.3, -0.25) is 0 Å². The molecule has 0 radical (unpaired) electrons. The normalized spacial score (nSPS) is 12.0. The maximum atomic E-state index is 2.42. The van der Waals surface area contributed by atoms with E-state index in [2.05, 4.69) is 68.8 Å². The molecular formula is C16H22N+. The zero-order valence-electron chi connectivity index (χ0n) is 11.3. The van der Waals surface area contributed by atoms with Crippen molar-refractivity contribution in [1.29, 1.82) is 0 Å². The fraction of sp³-hybridized carbons (Fsp3) is 0.438. The minimum atomic E-state index is 0.147. The third-order valence-corrected chi connectivity index (χ3v) is 3.18. The molecule has 1 aromatic carbocycles. The standard InChI is InChI=1S/C16H22N/c1-5-8-15-14-10-7-6-9-13(14)11-12-17(15)16(2,3)4/h6-7,9-12H,5,8H2,1-4H3/q+1. The highest BCUT2D eigenvalue weighted by Crippen LogP contribution is 2.19. The molecule has 1 aromatic heterocycles. The summed E-state index contributed by atoms with van der Waals surface area (Å²) in [5.74, 6) is 0. The Bertz CT molecular complexity index is 521. The van der Waals surface area contributed by atoms with Crippen LogP contribution in [0.15, 0.2) is 36.5 Å². The van der Waals surface area contributed by atoms with Crippen LogP contribution < -0.4 is 4.57 Å². The Morgan fingerprint density at radius 3 is 2.41 bits per heavy atom. The first-order valence-corrected chi connectivity index (χ1v) is 6.47. The van der Waals surface area contributed by atoms with E-state index in [4.69, 9.17) is 0 Å². The van der Waals surface area contributed by atoms with Crippen LogP contribution in [0.4, 0.5) is 0 Å². The average molecular weight is 228 g/mol. The summed E-state index contributed by atoms with van der Waals surface area (Å²) in [5, 5.41) is 2.74. The molecule has 1 nitrogen and oxygen atoms in total. The van der Waals surface area contributed by atoms with Crippen LogP contribution in [0.3, 0.4) is 0 Å². The van der Waals surface area contributed by atoms with Gasteiger partial charge in [-0.05, 0) is 17.9 Å². The van der Waals surface area contributed by atoms with E-state index in [0.717, 1.165) is 6.42 Å². The Morgan fingerprint density at radius 1 is 1.06 bits per heavy atom. The van der Waals surface area contributed by atoms with Crippen molar-refractivity contribution in [3.8, 4) is 0 Å². The van der Waals surface area contributed by atoms with Crippen LogP contribution in [0.2, 0.25) is 0 Å². The van der Waals surface area contributed by atoms with Crippen molar-refractivity contribution in [3.05, 3.63) is 42.2 Å². The van der Waals surface area contributed by atoms with Gasteiger partial charge in [0, 0.05) is 38.6 Å². The van der Waals surface area contributed by atoms with E-state index < -0.39 is 0 Å². The Labute approximate surface area is 104 Å². The smallest absolute Gasteiger partial charge is 0.189 e. The molecule has 90 valence electrons. The Kier molecular flexibility index (Phi) is 3.19. The topological polar surface area (TPSA) is 3.88 Å². The van der Waals surface area contributed by atoms with Crippen LogP contribution in [0.5, 0.6) is 0 Å². The first-order valence-electron chi connectivity index (χ1n) is 6.47. The van der Waals surface area contributed by atoms with Crippen LogP contribution >= 0.6 is 0 Å². The fourth-order valence-electron chi connectivity index (χ4n) is 2.40. The third-order valence-electron chi connectivity index (χ3n) is 3.18. The number of nitrogens with zero attached hydrogens (tertiary/aromatic N) is 1. The number of aryl methyl sites for hydroxylation is 1. The van der Waals surface area contributed by atoms with Crippen molar-refractivity contribution in [2.24, 2.45) is 0 Å². The van der Waals surface area contributed by atoms with Gasteiger partial charge in [-0.25, -0.2) is 0 Å². The van der Waals surface area contributed by atoms with Crippen molar-refractivity contribution in [3.63, 3.8) is 0 Å². The second-order valence-corrected chi connectivity index (χ2v) is 5.64. The summed E-state index contributed by atoms with van der Waals surface area (Å²) in [7, 11) is 0. The van der Waals surface area contributed by atoms with Gasteiger partial charge in [0.05, 0.1) is 0 Å². The molecule has 0 amide bonds. The van der Waals surface area contributed by atoms with Gasteiger partial charge < -0.3 is 0 Å². The molecule has 0 atom stereocenters. The van der Waals surface area contributed by atoms with Gasteiger partial charge in [0.25, 0.3) is 0 Å². The maximum Gasteiger partial charge on any atom is 0.189 e. The first kappa shape index (κ1) is 12.1. The molecule has 2 rings (SSSR count). The van der Waals surface area contributed by atoms with Crippen LogP contribution in [-0.4, -0.2) is 0 Å². The molecular weight excluding hydrogens is 206 g/mol. The van der Waals surface area contributed by atoms with Crippen LogP contribution in [0, 0.1) is 0 Å². The zero-order chi connectivity index (χ0) is 12.5. The molecule has 2 aromatic rings. The van der Waals surface area contributed by atoms with Gasteiger partial charge in [-0.1, -0.05) is 25.1 Å². The monoisotopic (exact) mass is 228 g/mol. The number of pyridine rings is 1. The highest BCUT2D eigenvalue weighted by molar-refractivity contribution is 5.83. The molecule has 0 aliphatic carbocycles. The quantitative estimate of drug-likeness (QED) is 0.688. The van der Waals surface area contributed by atoms with E-state index in [9.17, 15) is 0 Å². The van der Waals surface area contributed by atoms with E-state index in [1.54, 1.807) is 0 Å². The Morgan fingerprint density at radius 2 is 1.76 bits per heavy atom. The molecule has 0 N–H and O–H groups in total. The number of aromatic nitrogens is 1. The summed E-state index contributed by atoms with van der Waals surface area (Å²) in [6, 6.07) is 10.9. The minimum Gasteiger partial charge on any atom is -0.197 e. The van der Waals surface area contributed by atoms with Crippen molar-refractivity contribution in [2.45, 2.75) is 46.1 Å². The number of rotatable bonds is 2. The van der Waals surface area contributed by atoms with Crippen LogP contribution in [0.25, 0.3) is 10.8 Å². The fourth-order valence-corrected chi connectivity index (χ4v) is 2.40. The molecule has 0 saturated heterocycles. The molecule has 0 aliphatic heterocycles. The molecule has 1 heterocycles. The highest BCUT2D eigenvalue weighted by atomic mass is 15.0. The average Bonchev–Trinajstić information content (AvgIpc) is 2.28. The second-order valence-electron chi connectivity index (χ2n) is 5.64. The maximum absolute atomic E-state index is 2.42. The van der Waals surface area contributed by atoms with Crippen molar-refractivity contribution < 1.29 is 4.57 Å². The summed E-state index contributed by atoms with van der Waals surface area (Å²) >= 11 is 0. The lowest BCUT2D eigenvalue weighted by Crippen LogP contribution is -2.53. The van der Waals surface area contributed by atoms with Crippen molar-refractivity contribution in [1.82, 2.24) is 0 Å². The number of fused-ring (bicyclic) bond motifs is 1. The molecule has 0 bridgehead atoms. The number of hydrogen-bond acceptors (Lipinski definition) is 0. The van der Waals surface area contributed by atoms with E-state index in [-0.39, 0.29) is 5.54 Å². The van der Waals surface area contributed by atoms with Gasteiger partial charge in [-0.15, -0.1) is 0 Å². The van der Waals surface area contributed by atoms with Gasteiger partial charge in [0.15, 0.2) is 17.4 Å². The van der Waals surface area contributed by atoms with Gasteiger partial charge in [0.2, 0.25) is 0 Å². The zero-order valence-corrected chi connectivity index (χ0v) is 11.3. The minimum absolute atomic E-state index is 0.147. The van der Waals surface area contributed by atoms with Crippen LogP contribution in [0.1, 0.15) is 39.8 Å². The highest BCUT2D eigenvalue weighted by Gasteiger charge is 2.26. The Balaban J connectivity index is 2.73. The second kappa shape index (κ2) is 4.48. The first-order chi connectivity index (χ1) is 8.04.